The Bertz CT molecular complexity index is 1080. The summed E-state index contributed by atoms with van der Waals surface area (Å²) in [6, 6.07) is 10.2. The molecule has 6 heteroatoms. The van der Waals surface area contributed by atoms with Gasteiger partial charge in [-0.2, -0.15) is 0 Å². The number of pyridine rings is 1. The summed E-state index contributed by atoms with van der Waals surface area (Å²) in [7, 11) is 0. The summed E-state index contributed by atoms with van der Waals surface area (Å²) in [5.41, 5.74) is 6.63. The van der Waals surface area contributed by atoms with Crippen LogP contribution in [0.2, 0.25) is 0 Å². The zero-order valence-corrected chi connectivity index (χ0v) is 16.2. The quantitative estimate of drug-likeness (QED) is 0.518. The number of nitrogens with zero attached hydrogens (tertiary/aromatic N) is 4. The lowest BCUT2D eigenvalue weighted by Gasteiger charge is -2.25. The molecule has 0 amide bonds. The minimum absolute atomic E-state index is 0.591. The fourth-order valence-electron chi connectivity index (χ4n) is 4.19. The molecule has 3 aromatic rings. The highest BCUT2D eigenvalue weighted by atomic mass is 16.4. The van der Waals surface area contributed by atoms with Crippen LogP contribution in [0.15, 0.2) is 54.0 Å². The van der Waals surface area contributed by atoms with Crippen LogP contribution in [0.1, 0.15) is 36.2 Å². The van der Waals surface area contributed by atoms with E-state index in [0.29, 0.717) is 5.71 Å². The number of aromatic nitrogens is 3. The number of oxime groups is 1. The summed E-state index contributed by atoms with van der Waals surface area (Å²) < 4.78 is 0. The van der Waals surface area contributed by atoms with E-state index in [4.69, 9.17) is 10.2 Å². The maximum Gasteiger partial charge on any atom is 0.121 e. The number of fused-ring (bicyclic) bond motifs is 1. The highest BCUT2D eigenvalue weighted by Gasteiger charge is 2.19. The Labute approximate surface area is 169 Å². The number of hydrogen-bond acceptors (Lipinski definition) is 5. The number of H-pyrrole nitrogens is 1. The van der Waals surface area contributed by atoms with Gasteiger partial charge in [-0.1, -0.05) is 29.8 Å². The summed E-state index contributed by atoms with van der Waals surface area (Å²) in [5.74, 6) is 0.988. The van der Waals surface area contributed by atoms with E-state index < -0.39 is 0 Å². The van der Waals surface area contributed by atoms with Gasteiger partial charge in [0.15, 0.2) is 0 Å². The molecule has 0 atom stereocenters. The first-order valence-corrected chi connectivity index (χ1v) is 10.1. The minimum atomic E-state index is 0.591. The van der Waals surface area contributed by atoms with Gasteiger partial charge in [-0.05, 0) is 55.8 Å². The zero-order chi connectivity index (χ0) is 19.6. The molecule has 2 aromatic heterocycles. The summed E-state index contributed by atoms with van der Waals surface area (Å²) >= 11 is 0. The van der Waals surface area contributed by atoms with Gasteiger partial charge < -0.3 is 10.2 Å². The highest BCUT2D eigenvalue weighted by molar-refractivity contribution is 6.17. The molecule has 0 spiro atoms. The van der Waals surface area contributed by atoms with Crippen LogP contribution in [0, 0.1) is 0 Å². The molecule has 29 heavy (non-hydrogen) atoms. The Kier molecular flexibility index (Phi) is 4.69. The Hall–Kier alpha value is -3.25. The number of hydrogen-bond donors (Lipinski definition) is 2. The number of aromatic amines is 1. The second-order valence-electron chi connectivity index (χ2n) is 7.60. The second-order valence-corrected chi connectivity index (χ2v) is 7.60. The monoisotopic (exact) mass is 385 g/mol. The van der Waals surface area contributed by atoms with Crippen LogP contribution in [0.3, 0.4) is 0 Å². The molecule has 0 bridgehead atoms. The lowest BCUT2D eigenvalue weighted by Crippen LogP contribution is -2.29. The molecular weight excluding hydrogens is 362 g/mol. The third-order valence-corrected chi connectivity index (χ3v) is 5.67. The molecular formula is C23H23N5O. The largest absolute Gasteiger partial charge is 0.410 e. The minimum Gasteiger partial charge on any atom is -0.410 e. The first-order chi connectivity index (χ1) is 14.3. The Morgan fingerprint density at radius 1 is 1.00 bits per heavy atom. The lowest BCUT2D eigenvalue weighted by molar-refractivity contribution is 0.216. The van der Waals surface area contributed by atoms with E-state index in [1.54, 1.807) is 12.4 Å². The first-order valence-electron chi connectivity index (χ1n) is 10.1. The highest BCUT2D eigenvalue weighted by Crippen LogP contribution is 2.33. The van der Waals surface area contributed by atoms with Gasteiger partial charge in [-0.15, -0.1) is 0 Å². The SMILES string of the molecule is ON=C1C=Cc2cc(-c3nc(CN4CCCCC4)[nH]c3-c3ccncc3)ccc21. The van der Waals surface area contributed by atoms with Crippen molar-refractivity contribution in [2.75, 3.05) is 13.1 Å². The Morgan fingerprint density at radius 2 is 1.83 bits per heavy atom. The number of imidazole rings is 1. The van der Waals surface area contributed by atoms with Crippen LogP contribution >= 0.6 is 0 Å². The van der Waals surface area contributed by atoms with E-state index >= 15 is 0 Å². The Balaban J connectivity index is 1.55. The molecule has 2 aliphatic rings. The van der Waals surface area contributed by atoms with E-state index in [-0.39, 0.29) is 0 Å². The molecule has 2 N–H and O–H groups in total. The van der Waals surface area contributed by atoms with E-state index in [1.807, 2.05) is 36.4 Å². The molecule has 6 nitrogen and oxygen atoms in total. The van der Waals surface area contributed by atoms with Crippen molar-refractivity contribution in [3.05, 3.63) is 65.8 Å². The average molecular weight is 385 g/mol. The van der Waals surface area contributed by atoms with E-state index in [9.17, 15) is 0 Å². The number of likely N-dealkylation sites (tertiary alicyclic amines) is 1. The summed E-state index contributed by atoms with van der Waals surface area (Å²) in [6.45, 7) is 3.10. The molecule has 1 aliphatic carbocycles. The van der Waals surface area contributed by atoms with Crippen molar-refractivity contribution in [2.45, 2.75) is 25.8 Å². The molecule has 146 valence electrons. The van der Waals surface area contributed by atoms with Crippen molar-refractivity contribution in [1.29, 1.82) is 0 Å². The zero-order valence-electron chi connectivity index (χ0n) is 16.2. The van der Waals surface area contributed by atoms with Gasteiger partial charge in [-0.3, -0.25) is 9.88 Å². The third kappa shape index (κ3) is 3.47. The van der Waals surface area contributed by atoms with E-state index in [2.05, 4.69) is 26.1 Å². The number of rotatable bonds is 4. The van der Waals surface area contributed by atoms with Crippen LogP contribution in [0.5, 0.6) is 0 Å². The fraction of sp³-hybridized carbons (Fsp3) is 0.261. The molecule has 0 saturated carbocycles. The van der Waals surface area contributed by atoms with Crippen LogP contribution < -0.4 is 0 Å². The first kappa shape index (κ1) is 17.8. The van der Waals surface area contributed by atoms with Crippen molar-refractivity contribution < 1.29 is 5.21 Å². The van der Waals surface area contributed by atoms with Crippen molar-refractivity contribution in [2.24, 2.45) is 5.16 Å². The molecule has 1 aliphatic heterocycles. The van der Waals surface area contributed by atoms with E-state index in [0.717, 1.165) is 59.1 Å². The van der Waals surface area contributed by atoms with Gasteiger partial charge in [0.25, 0.3) is 0 Å². The second kappa shape index (κ2) is 7.64. The van der Waals surface area contributed by atoms with Crippen molar-refractivity contribution in [1.82, 2.24) is 19.9 Å². The van der Waals surface area contributed by atoms with Gasteiger partial charge in [0, 0.05) is 29.1 Å². The molecule has 1 saturated heterocycles. The number of nitrogens with one attached hydrogen (secondary N) is 1. The summed E-state index contributed by atoms with van der Waals surface area (Å²) in [6.07, 6.45) is 11.3. The molecule has 5 rings (SSSR count). The molecule has 1 aromatic carbocycles. The van der Waals surface area contributed by atoms with Gasteiger partial charge in [0.05, 0.1) is 17.9 Å². The summed E-state index contributed by atoms with van der Waals surface area (Å²) in [5, 5.41) is 12.5. The molecule has 0 radical (unpaired) electrons. The van der Waals surface area contributed by atoms with Crippen LogP contribution in [0.25, 0.3) is 28.6 Å². The molecule has 1 fully saturated rings. The standard InChI is InChI=1S/C23H23N5O/c29-27-20-7-5-17-14-18(4-6-19(17)20)23-22(16-8-10-24-11-9-16)25-21(26-23)15-28-12-2-1-3-13-28/h4-11,14,29H,1-3,12-13,15H2,(H,25,26). The third-order valence-electron chi connectivity index (χ3n) is 5.67. The number of allylic oxidation sites excluding steroid dienone is 1. The topological polar surface area (TPSA) is 77.4 Å². The van der Waals surface area contributed by atoms with Crippen LogP contribution in [-0.2, 0) is 6.54 Å². The van der Waals surface area contributed by atoms with Crippen LogP contribution in [-0.4, -0.2) is 43.9 Å². The van der Waals surface area contributed by atoms with Crippen molar-refractivity contribution in [3.8, 4) is 22.5 Å². The number of benzene rings is 1. The number of piperidine rings is 1. The summed E-state index contributed by atoms with van der Waals surface area (Å²) in [4.78, 5) is 15.2. The smallest absolute Gasteiger partial charge is 0.121 e. The Morgan fingerprint density at radius 3 is 2.62 bits per heavy atom. The average Bonchev–Trinajstić information content (AvgIpc) is 3.38. The van der Waals surface area contributed by atoms with Gasteiger partial charge in [0.2, 0.25) is 0 Å². The lowest BCUT2D eigenvalue weighted by atomic mass is 10.0. The maximum atomic E-state index is 9.16. The molecule has 3 heterocycles. The van der Waals surface area contributed by atoms with Gasteiger partial charge in [-0.25, -0.2) is 4.98 Å². The van der Waals surface area contributed by atoms with Gasteiger partial charge in [0.1, 0.15) is 11.5 Å². The predicted octanol–water partition coefficient (Wildman–Crippen LogP) is 4.33. The van der Waals surface area contributed by atoms with E-state index in [1.165, 1.54) is 19.3 Å². The van der Waals surface area contributed by atoms with Gasteiger partial charge >= 0.3 is 0 Å². The predicted molar refractivity (Wildman–Crippen MR) is 114 cm³/mol. The fourth-order valence-corrected chi connectivity index (χ4v) is 4.19. The van der Waals surface area contributed by atoms with Crippen LogP contribution in [0.4, 0.5) is 0 Å². The normalized spacial score (nSPS) is 17.7. The maximum absolute atomic E-state index is 9.16. The molecule has 0 unspecified atom stereocenters. The van der Waals surface area contributed by atoms with Crippen molar-refractivity contribution in [3.63, 3.8) is 0 Å². The van der Waals surface area contributed by atoms with Crippen molar-refractivity contribution >= 4 is 11.8 Å².